The van der Waals surface area contributed by atoms with E-state index in [1.54, 1.807) is 36.4 Å². The molecule has 0 aliphatic rings. The summed E-state index contributed by atoms with van der Waals surface area (Å²) in [5, 5.41) is 3.43. The number of hydrogen-bond donors (Lipinski definition) is 2. The number of fused-ring (bicyclic) bond motifs is 1. The van der Waals surface area contributed by atoms with Crippen molar-refractivity contribution in [1.82, 2.24) is 9.97 Å². The van der Waals surface area contributed by atoms with Crippen LogP contribution in [0.5, 0.6) is 11.5 Å². The van der Waals surface area contributed by atoms with E-state index in [-0.39, 0.29) is 5.91 Å². The normalized spacial score (nSPS) is 10.8. The number of anilines is 1. The fraction of sp³-hybridized carbons (Fsp3) is 0.130. The molecule has 0 atom stereocenters. The third-order valence-corrected chi connectivity index (χ3v) is 5.14. The van der Waals surface area contributed by atoms with Crippen LogP contribution in [-0.4, -0.2) is 30.1 Å². The zero-order valence-electron chi connectivity index (χ0n) is 16.7. The van der Waals surface area contributed by atoms with Gasteiger partial charge in [-0.15, -0.1) is 0 Å². The first-order valence-corrected chi connectivity index (χ1v) is 9.66. The third-order valence-electron chi connectivity index (χ3n) is 4.81. The van der Waals surface area contributed by atoms with Crippen molar-refractivity contribution in [3.05, 3.63) is 70.7 Å². The van der Waals surface area contributed by atoms with Crippen molar-refractivity contribution in [2.45, 2.75) is 6.92 Å². The molecule has 0 aliphatic heterocycles. The Morgan fingerprint density at radius 2 is 1.77 bits per heavy atom. The maximum atomic E-state index is 12.8. The average Bonchev–Trinajstić information content (AvgIpc) is 3.20. The van der Waals surface area contributed by atoms with Gasteiger partial charge in [0.1, 0.15) is 17.3 Å². The number of imidazole rings is 1. The first kappa shape index (κ1) is 19.8. The van der Waals surface area contributed by atoms with Gasteiger partial charge in [0.2, 0.25) is 0 Å². The molecule has 0 radical (unpaired) electrons. The Morgan fingerprint density at radius 1 is 1.03 bits per heavy atom. The highest BCUT2D eigenvalue weighted by molar-refractivity contribution is 6.33. The van der Waals surface area contributed by atoms with Gasteiger partial charge in [-0.3, -0.25) is 4.79 Å². The second-order valence-corrected chi connectivity index (χ2v) is 7.21. The average molecular weight is 422 g/mol. The Balaban J connectivity index is 1.66. The minimum absolute atomic E-state index is 0.291. The molecule has 0 unspecified atom stereocenters. The quantitative estimate of drug-likeness (QED) is 0.448. The number of ether oxygens (including phenoxy) is 2. The van der Waals surface area contributed by atoms with Crippen molar-refractivity contribution < 1.29 is 14.3 Å². The monoisotopic (exact) mass is 421 g/mol. The van der Waals surface area contributed by atoms with E-state index in [2.05, 4.69) is 15.3 Å². The van der Waals surface area contributed by atoms with Gasteiger partial charge in [-0.05, 0) is 48.9 Å². The molecule has 0 saturated carbocycles. The number of carbonyl (C=O) groups excluding carboxylic acids is 1. The number of rotatable bonds is 5. The predicted octanol–water partition coefficient (Wildman–Crippen LogP) is 5.46. The van der Waals surface area contributed by atoms with Crippen LogP contribution >= 0.6 is 11.6 Å². The highest BCUT2D eigenvalue weighted by Gasteiger charge is 2.14. The molecule has 0 spiro atoms. The van der Waals surface area contributed by atoms with Crippen molar-refractivity contribution >= 4 is 34.2 Å². The fourth-order valence-corrected chi connectivity index (χ4v) is 3.44. The van der Waals surface area contributed by atoms with E-state index in [4.69, 9.17) is 21.1 Å². The molecule has 0 aliphatic carbocycles. The number of para-hydroxylation sites is 1. The molecule has 3 aromatic carbocycles. The van der Waals surface area contributed by atoms with E-state index in [1.807, 2.05) is 25.1 Å². The Hall–Kier alpha value is -3.51. The van der Waals surface area contributed by atoms with Gasteiger partial charge in [0, 0.05) is 22.9 Å². The molecular formula is C23H20ClN3O3. The molecular weight excluding hydrogens is 402 g/mol. The van der Waals surface area contributed by atoms with Crippen molar-refractivity contribution in [1.29, 1.82) is 0 Å². The molecule has 30 heavy (non-hydrogen) atoms. The lowest BCUT2D eigenvalue weighted by atomic mass is 10.1. The van der Waals surface area contributed by atoms with Gasteiger partial charge in [0.15, 0.2) is 0 Å². The van der Waals surface area contributed by atoms with Crippen LogP contribution in [0.15, 0.2) is 54.6 Å². The highest BCUT2D eigenvalue weighted by Crippen LogP contribution is 2.31. The van der Waals surface area contributed by atoms with Gasteiger partial charge in [-0.1, -0.05) is 23.7 Å². The van der Waals surface area contributed by atoms with E-state index >= 15 is 0 Å². The van der Waals surface area contributed by atoms with Gasteiger partial charge < -0.3 is 19.8 Å². The Bertz CT molecular complexity index is 1230. The summed E-state index contributed by atoms with van der Waals surface area (Å²) in [5.41, 5.74) is 4.61. The van der Waals surface area contributed by atoms with E-state index < -0.39 is 0 Å². The maximum absolute atomic E-state index is 12.8. The zero-order chi connectivity index (χ0) is 21.3. The second-order valence-electron chi connectivity index (χ2n) is 6.81. The summed E-state index contributed by atoms with van der Waals surface area (Å²) < 4.78 is 10.5. The lowest BCUT2D eigenvalue weighted by Gasteiger charge is -2.10. The van der Waals surface area contributed by atoms with Crippen LogP contribution in [0.1, 0.15) is 15.9 Å². The predicted molar refractivity (Wildman–Crippen MR) is 119 cm³/mol. The third kappa shape index (κ3) is 3.82. The van der Waals surface area contributed by atoms with Crippen LogP contribution in [0.4, 0.5) is 5.69 Å². The number of methoxy groups -OCH3 is 2. The Labute approximate surface area is 178 Å². The fourth-order valence-electron chi connectivity index (χ4n) is 3.23. The minimum Gasteiger partial charge on any atom is -0.497 e. The van der Waals surface area contributed by atoms with Crippen LogP contribution in [0.25, 0.3) is 22.4 Å². The molecule has 7 heteroatoms. The number of benzene rings is 3. The number of amides is 1. The molecule has 0 bridgehead atoms. The van der Waals surface area contributed by atoms with Crippen LogP contribution in [0.3, 0.4) is 0 Å². The number of aromatic amines is 1. The number of nitrogens with zero attached hydrogens (tertiary/aromatic N) is 1. The first-order chi connectivity index (χ1) is 14.5. The van der Waals surface area contributed by atoms with Crippen LogP contribution in [-0.2, 0) is 0 Å². The highest BCUT2D eigenvalue weighted by atomic mass is 35.5. The molecule has 0 saturated heterocycles. The van der Waals surface area contributed by atoms with Crippen molar-refractivity contribution in [3.8, 4) is 22.9 Å². The van der Waals surface area contributed by atoms with Crippen LogP contribution < -0.4 is 14.8 Å². The van der Waals surface area contributed by atoms with E-state index in [1.165, 1.54) is 14.2 Å². The maximum Gasteiger partial charge on any atom is 0.255 e. The lowest BCUT2D eigenvalue weighted by Crippen LogP contribution is -2.12. The van der Waals surface area contributed by atoms with E-state index in [0.29, 0.717) is 39.2 Å². The van der Waals surface area contributed by atoms with E-state index in [9.17, 15) is 4.79 Å². The molecule has 0 fully saturated rings. The van der Waals surface area contributed by atoms with Gasteiger partial charge in [-0.25, -0.2) is 4.98 Å². The van der Waals surface area contributed by atoms with Crippen LogP contribution in [0.2, 0.25) is 5.02 Å². The number of aryl methyl sites for hydroxylation is 1. The second kappa shape index (κ2) is 8.08. The Morgan fingerprint density at radius 3 is 2.43 bits per heavy atom. The first-order valence-electron chi connectivity index (χ1n) is 9.28. The van der Waals surface area contributed by atoms with Gasteiger partial charge in [0.05, 0.1) is 30.3 Å². The number of H-pyrrole nitrogens is 1. The number of hydrogen-bond acceptors (Lipinski definition) is 4. The van der Waals surface area contributed by atoms with Crippen molar-refractivity contribution in [3.63, 3.8) is 0 Å². The summed E-state index contributed by atoms with van der Waals surface area (Å²) in [6.07, 6.45) is 0. The summed E-state index contributed by atoms with van der Waals surface area (Å²) in [4.78, 5) is 20.8. The number of halogens is 1. The Kier molecular flexibility index (Phi) is 5.33. The SMILES string of the molecule is COc1cc(OC)cc(C(=O)Nc2ccc(Cl)c(-c3nc4c(C)cccc4[nH]3)c2)c1. The molecule has 6 nitrogen and oxygen atoms in total. The largest absolute Gasteiger partial charge is 0.497 e. The van der Waals surface area contributed by atoms with Crippen LogP contribution in [0, 0.1) is 6.92 Å². The summed E-state index contributed by atoms with van der Waals surface area (Å²) in [6.45, 7) is 2.01. The summed E-state index contributed by atoms with van der Waals surface area (Å²) >= 11 is 6.43. The van der Waals surface area contributed by atoms with Crippen molar-refractivity contribution in [2.75, 3.05) is 19.5 Å². The lowest BCUT2D eigenvalue weighted by molar-refractivity contribution is 0.102. The van der Waals surface area contributed by atoms with Gasteiger partial charge in [-0.2, -0.15) is 0 Å². The molecule has 1 amide bonds. The number of carbonyl (C=O) groups is 1. The van der Waals surface area contributed by atoms with Gasteiger partial charge >= 0.3 is 0 Å². The van der Waals surface area contributed by atoms with Crippen molar-refractivity contribution in [2.24, 2.45) is 0 Å². The molecule has 4 rings (SSSR count). The summed E-state index contributed by atoms with van der Waals surface area (Å²) in [7, 11) is 3.08. The summed E-state index contributed by atoms with van der Waals surface area (Å²) in [6, 6.07) is 16.2. The topological polar surface area (TPSA) is 76.2 Å². The molecule has 1 heterocycles. The standard InChI is InChI=1S/C23H20ClN3O3/c1-13-5-4-6-20-21(13)27-22(26-20)18-11-15(7-8-19(18)24)25-23(28)14-9-16(29-2)12-17(10-14)30-3/h4-12H,1-3H3,(H,25,28)(H,26,27). The zero-order valence-corrected chi connectivity index (χ0v) is 17.5. The number of nitrogens with one attached hydrogen (secondary N) is 2. The molecule has 4 aromatic rings. The summed E-state index contributed by atoms with van der Waals surface area (Å²) in [5.74, 6) is 1.42. The molecule has 1 aromatic heterocycles. The van der Waals surface area contributed by atoms with Gasteiger partial charge in [0.25, 0.3) is 5.91 Å². The smallest absolute Gasteiger partial charge is 0.255 e. The minimum atomic E-state index is -0.291. The number of aromatic nitrogens is 2. The molecule has 2 N–H and O–H groups in total. The van der Waals surface area contributed by atoms with E-state index in [0.717, 1.165) is 16.6 Å². The molecule has 152 valence electrons.